The van der Waals surface area contributed by atoms with E-state index < -0.39 is 4.92 Å². The number of aromatic nitrogens is 2. The van der Waals surface area contributed by atoms with Gasteiger partial charge in [0.25, 0.3) is 5.69 Å². The topological polar surface area (TPSA) is 112 Å². The molecule has 0 radical (unpaired) electrons. The number of hydrogen-bond acceptors (Lipinski definition) is 6. The van der Waals surface area contributed by atoms with Gasteiger partial charge in [0, 0.05) is 11.6 Å². The van der Waals surface area contributed by atoms with Gasteiger partial charge in [0.15, 0.2) is 11.5 Å². The van der Waals surface area contributed by atoms with E-state index >= 15 is 0 Å². The van der Waals surface area contributed by atoms with Crippen LogP contribution in [-0.4, -0.2) is 14.7 Å². The summed E-state index contributed by atoms with van der Waals surface area (Å²) in [5, 5.41) is 23.6. The number of nitrogen functional groups attached to an aromatic ring is 1. The van der Waals surface area contributed by atoms with Gasteiger partial charge in [0.1, 0.15) is 0 Å². The quantitative estimate of drug-likeness (QED) is 0.432. The molecule has 0 amide bonds. The van der Waals surface area contributed by atoms with Gasteiger partial charge in [-0.15, -0.1) is 5.11 Å². The summed E-state index contributed by atoms with van der Waals surface area (Å²) >= 11 is 0. The molecule has 3 rings (SSSR count). The van der Waals surface area contributed by atoms with Crippen molar-refractivity contribution in [3.8, 4) is 5.69 Å². The molecule has 0 bridgehead atoms. The van der Waals surface area contributed by atoms with E-state index in [4.69, 9.17) is 5.73 Å². The van der Waals surface area contributed by atoms with Crippen LogP contribution in [0.1, 0.15) is 11.3 Å². The third-order valence-electron chi connectivity index (χ3n) is 3.72. The first-order valence-electron chi connectivity index (χ1n) is 7.54. The predicted octanol–water partition coefficient (Wildman–Crippen LogP) is 4.39. The normalized spacial score (nSPS) is 11.1. The van der Waals surface area contributed by atoms with Crippen LogP contribution in [0.15, 0.2) is 58.8 Å². The van der Waals surface area contributed by atoms with Gasteiger partial charge in [-0.05, 0) is 32.0 Å². The maximum atomic E-state index is 11.0. The number of anilines is 1. The Morgan fingerprint density at radius 2 is 1.84 bits per heavy atom. The summed E-state index contributed by atoms with van der Waals surface area (Å²) < 4.78 is 1.58. The van der Waals surface area contributed by atoms with Crippen molar-refractivity contribution >= 4 is 22.9 Å². The molecule has 0 spiro atoms. The molecule has 2 N–H and O–H groups in total. The number of nitrogens with zero attached hydrogens (tertiary/aromatic N) is 5. The van der Waals surface area contributed by atoms with Crippen LogP contribution < -0.4 is 5.73 Å². The molecule has 8 heteroatoms. The molecule has 1 heterocycles. The van der Waals surface area contributed by atoms with E-state index in [1.807, 2.05) is 30.3 Å². The number of aryl methyl sites for hydroxylation is 2. The fourth-order valence-corrected chi connectivity index (χ4v) is 2.39. The van der Waals surface area contributed by atoms with Crippen LogP contribution in [0.2, 0.25) is 0 Å². The molecule has 126 valence electrons. The van der Waals surface area contributed by atoms with Crippen LogP contribution in [0.25, 0.3) is 5.69 Å². The molecule has 1 aromatic heterocycles. The molecule has 3 aromatic rings. The fourth-order valence-electron chi connectivity index (χ4n) is 2.39. The third kappa shape index (κ3) is 3.23. The highest BCUT2D eigenvalue weighted by molar-refractivity contribution is 5.64. The minimum atomic E-state index is -0.443. The maximum Gasteiger partial charge on any atom is 0.274 e. The molecular formula is C17H16N6O2. The predicted molar refractivity (Wildman–Crippen MR) is 94.7 cm³/mol. The second-order valence-corrected chi connectivity index (χ2v) is 5.49. The van der Waals surface area contributed by atoms with Crippen molar-refractivity contribution < 1.29 is 4.92 Å². The highest BCUT2D eigenvalue weighted by Crippen LogP contribution is 2.31. The Morgan fingerprint density at radius 3 is 2.52 bits per heavy atom. The van der Waals surface area contributed by atoms with Gasteiger partial charge in [-0.2, -0.15) is 10.2 Å². The highest BCUT2D eigenvalue weighted by Gasteiger charge is 2.14. The van der Waals surface area contributed by atoms with E-state index in [1.165, 1.54) is 6.07 Å². The number of azo groups is 1. The molecular weight excluding hydrogens is 320 g/mol. The molecule has 0 saturated heterocycles. The fraction of sp³-hybridized carbons (Fsp3) is 0.118. The summed E-state index contributed by atoms with van der Waals surface area (Å²) in [6.45, 7) is 3.45. The van der Waals surface area contributed by atoms with Crippen molar-refractivity contribution in [3.63, 3.8) is 0 Å². The number of nitrogens with two attached hydrogens (primary N) is 1. The molecule has 0 fully saturated rings. The Bertz CT molecular complexity index is 963. The van der Waals surface area contributed by atoms with Crippen LogP contribution >= 0.6 is 0 Å². The van der Waals surface area contributed by atoms with Gasteiger partial charge in [-0.1, -0.05) is 24.3 Å². The Kier molecular flexibility index (Phi) is 4.25. The van der Waals surface area contributed by atoms with Crippen molar-refractivity contribution in [1.82, 2.24) is 9.78 Å². The van der Waals surface area contributed by atoms with Crippen molar-refractivity contribution in [2.75, 3.05) is 5.73 Å². The monoisotopic (exact) mass is 336 g/mol. The van der Waals surface area contributed by atoms with E-state index in [-0.39, 0.29) is 5.69 Å². The summed E-state index contributed by atoms with van der Waals surface area (Å²) in [6.07, 6.45) is 0. The molecule has 0 aliphatic rings. The summed E-state index contributed by atoms with van der Waals surface area (Å²) in [7, 11) is 0. The van der Waals surface area contributed by atoms with Crippen LogP contribution in [0.4, 0.5) is 22.9 Å². The lowest BCUT2D eigenvalue weighted by Crippen LogP contribution is -2.01. The average Bonchev–Trinajstić information content (AvgIpc) is 2.89. The SMILES string of the molecule is Cc1ccc(N=Nc2c(C)nn(-c3ccccc3)c2N)cc1[N+](=O)[O-]. The summed E-state index contributed by atoms with van der Waals surface area (Å²) in [5.74, 6) is 0.356. The number of hydrogen-bond donors (Lipinski definition) is 1. The Labute approximate surface area is 143 Å². The van der Waals surface area contributed by atoms with Crippen LogP contribution in [0.3, 0.4) is 0 Å². The number of benzene rings is 2. The zero-order chi connectivity index (χ0) is 18.0. The molecule has 0 saturated carbocycles. The van der Waals surface area contributed by atoms with Gasteiger partial charge in [0.2, 0.25) is 0 Å². The standard InChI is InChI=1S/C17H16N6O2/c1-11-8-9-13(10-15(11)23(24)25)19-20-16-12(2)21-22(17(16)18)14-6-4-3-5-7-14/h3-10H,18H2,1-2H3. The average molecular weight is 336 g/mol. The minimum Gasteiger partial charge on any atom is -0.382 e. The van der Waals surface area contributed by atoms with Gasteiger partial charge in [-0.25, -0.2) is 4.68 Å². The van der Waals surface area contributed by atoms with Gasteiger partial charge < -0.3 is 5.73 Å². The number of nitro groups is 1. The Morgan fingerprint density at radius 1 is 1.12 bits per heavy atom. The largest absolute Gasteiger partial charge is 0.382 e. The lowest BCUT2D eigenvalue weighted by molar-refractivity contribution is -0.385. The lowest BCUT2D eigenvalue weighted by Gasteiger charge is -2.02. The summed E-state index contributed by atoms with van der Waals surface area (Å²) in [6, 6.07) is 14.1. The summed E-state index contributed by atoms with van der Waals surface area (Å²) in [5.41, 5.74) is 8.96. The molecule has 0 unspecified atom stereocenters. The third-order valence-corrected chi connectivity index (χ3v) is 3.72. The first kappa shape index (κ1) is 16.3. The molecule has 0 aliphatic carbocycles. The van der Waals surface area contributed by atoms with E-state index in [0.29, 0.717) is 28.5 Å². The van der Waals surface area contributed by atoms with E-state index in [2.05, 4.69) is 15.3 Å². The lowest BCUT2D eigenvalue weighted by atomic mass is 10.2. The molecule has 0 aliphatic heterocycles. The zero-order valence-corrected chi connectivity index (χ0v) is 13.7. The number of nitro benzene ring substituents is 1. The van der Waals surface area contributed by atoms with Gasteiger partial charge >= 0.3 is 0 Å². The smallest absolute Gasteiger partial charge is 0.274 e. The van der Waals surface area contributed by atoms with Crippen molar-refractivity contribution in [3.05, 3.63) is 69.9 Å². The first-order chi connectivity index (χ1) is 12.0. The highest BCUT2D eigenvalue weighted by atomic mass is 16.6. The van der Waals surface area contributed by atoms with E-state index in [9.17, 15) is 10.1 Å². The minimum absolute atomic E-state index is 0.00104. The Hall–Kier alpha value is -3.55. The second kappa shape index (κ2) is 6.52. The van der Waals surface area contributed by atoms with Crippen LogP contribution in [0, 0.1) is 24.0 Å². The molecule has 2 aromatic carbocycles. The van der Waals surface area contributed by atoms with E-state index in [1.54, 1.807) is 30.7 Å². The number of para-hydroxylation sites is 1. The molecule has 0 atom stereocenters. The molecule has 25 heavy (non-hydrogen) atoms. The van der Waals surface area contributed by atoms with Crippen molar-refractivity contribution in [2.24, 2.45) is 10.2 Å². The Balaban J connectivity index is 1.96. The van der Waals surface area contributed by atoms with E-state index in [0.717, 1.165) is 5.69 Å². The summed E-state index contributed by atoms with van der Waals surface area (Å²) in [4.78, 5) is 10.6. The van der Waals surface area contributed by atoms with Crippen molar-refractivity contribution in [1.29, 1.82) is 0 Å². The number of rotatable bonds is 4. The second-order valence-electron chi connectivity index (χ2n) is 5.49. The van der Waals surface area contributed by atoms with Gasteiger partial charge in [0.05, 0.1) is 22.0 Å². The van der Waals surface area contributed by atoms with Crippen molar-refractivity contribution in [2.45, 2.75) is 13.8 Å². The molecule has 8 nitrogen and oxygen atoms in total. The first-order valence-corrected chi connectivity index (χ1v) is 7.54. The van der Waals surface area contributed by atoms with Gasteiger partial charge in [-0.3, -0.25) is 10.1 Å². The van der Waals surface area contributed by atoms with Crippen LogP contribution in [-0.2, 0) is 0 Å². The maximum absolute atomic E-state index is 11.0. The van der Waals surface area contributed by atoms with Crippen LogP contribution in [0.5, 0.6) is 0 Å². The zero-order valence-electron chi connectivity index (χ0n) is 13.7.